The van der Waals surface area contributed by atoms with Crippen LogP contribution in [0.1, 0.15) is 22.7 Å². The maximum absolute atomic E-state index is 10.7. The number of phenolic OH excluding ortho intramolecular Hbond substituents is 1. The van der Waals surface area contributed by atoms with E-state index in [0.717, 1.165) is 27.8 Å². The fraction of sp³-hybridized carbons (Fsp3) is 0.0909. The first kappa shape index (κ1) is 16.1. The number of nitrogens with zero attached hydrogens (tertiary/aromatic N) is 2. The van der Waals surface area contributed by atoms with Gasteiger partial charge in [0.05, 0.1) is 11.6 Å². The van der Waals surface area contributed by atoms with Crippen LogP contribution in [0.3, 0.4) is 0 Å². The standard InChI is InChI=1S/C22H19N3O/c1-15-7-9-16(10-8-15)22(25-20-6-2-3-13-24-20)21-17-5-4-14-23-18(17)11-12-19(21)26/h2-14,22,26H,1H3,(H,24,25)/t22-/m0/s1. The zero-order chi connectivity index (χ0) is 17.9. The number of anilines is 1. The van der Waals surface area contributed by atoms with Gasteiger partial charge < -0.3 is 10.4 Å². The maximum atomic E-state index is 10.7. The van der Waals surface area contributed by atoms with E-state index in [9.17, 15) is 5.11 Å². The zero-order valence-electron chi connectivity index (χ0n) is 14.4. The summed E-state index contributed by atoms with van der Waals surface area (Å²) in [5.41, 5.74) is 3.88. The number of benzene rings is 2. The van der Waals surface area contributed by atoms with E-state index in [1.54, 1.807) is 18.5 Å². The van der Waals surface area contributed by atoms with E-state index in [1.165, 1.54) is 5.56 Å². The lowest BCUT2D eigenvalue weighted by Gasteiger charge is -2.23. The van der Waals surface area contributed by atoms with Crippen LogP contribution in [0.15, 0.2) is 79.1 Å². The Kier molecular flexibility index (Phi) is 4.23. The number of rotatable bonds is 4. The van der Waals surface area contributed by atoms with Crippen LogP contribution in [0.4, 0.5) is 5.82 Å². The number of hydrogen-bond donors (Lipinski definition) is 2. The molecule has 0 radical (unpaired) electrons. The molecular formula is C22H19N3O. The number of fused-ring (bicyclic) bond motifs is 1. The number of nitrogens with one attached hydrogen (secondary N) is 1. The molecule has 0 saturated carbocycles. The predicted molar refractivity (Wildman–Crippen MR) is 104 cm³/mol. The van der Waals surface area contributed by atoms with Crippen LogP contribution in [0.5, 0.6) is 5.75 Å². The van der Waals surface area contributed by atoms with E-state index in [1.807, 2.05) is 36.4 Å². The molecule has 128 valence electrons. The lowest BCUT2D eigenvalue weighted by Crippen LogP contribution is -2.14. The second kappa shape index (κ2) is 6.84. The molecule has 2 aromatic carbocycles. The van der Waals surface area contributed by atoms with Gasteiger partial charge in [0.1, 0.15) is 11.6 Å². The molecule has 1 atom stereocenters. The minimum Gasteiger partial charge on any atom is -0.508 e. The Labute approximate surface area is 152 Å². The fourth-order valence-electron chi connectivity index (χ4n) is 3.14. The van der Waals surface area contributed by atoms with Crippen molar-refractivity contribution in [3.63, 3.8) is 0 Å². The normalized spacial score (nSPS) is 12.0. The molecule has 0 unspecified atom stereocenters. The predicted octanol–water partition coefficient (Wildman–Crippen LogP) is 4.85. The van der Waals surface area contributed by atoms with Gasteiger partial charge in [-0.3, -0.25) is 4.98 Å². The average Bonchev–Trinajstić information content (AvgIpc) is 2.68. The van der Waals surface area contributed by atoms with Crippen molar-refractivity contribution in [2.45, 2.75) is 13.0 Å². The van der Waals surface area contributed by atoms with Crippen LogP contribution in [0.25, 0.3) is 10.9 Å². The van der Waals surface area contributed by atoms with Crippen molar-refractivity contribution in [3.8, 4) is 5.75 Å². The molecule has 4 heteroatoms. The first-order valence-corrected chi connectivity index (χ1v) is 8.53. The molecule has 0 spiro atoms. The summed E-state index contributed by atoms with van der Waals surface area (Å²) in [6, 6.07) is 21.2. The van der Waals surface area contributed by atoms with Crippen molar-refractivity contribution in [1.29, 1.82) is 0 Å². The average molecular weight is 341 g/mol. The van der Waals surface area contributed by atoms with E-state index in [0.29, 0.717) is 0 Å². The third-order valence-electron chi connectivity index (χ3n) is 4.46. The highest BCUT2D eigenvalue weighted by atomic mass is 16.3. The largest absolute Gasteiger partial charge is 0.508 e. The molecule has 2 N–H and O–H groups in total. The minimum atomic E-state index is -0.251. The maximum Gasteiger partial charge on any atom is 0.126 e. The summed E-state index contributed by atoms with van der Waals surface area (Å²) in [5, 5.41) is 15.1. The quantitative estimate of drug-likeness (QED) is 0.557. The summed E-state index contributed by atoms with van der Waals surface area (Å²) in [6.07, 6.45) is 3.51. The van der Waals surface area contributed by atoms with Gasteiger partial charge in [0.2, 0.25) is 0 Å². The van der Waals surface area contributed by atoms with E-state index >= 15 is 0 Å². The third-order valence-corrected chi connectivity index (χ3v) is 4.46. The van der Waals surface area contributed by atoms with Crippen LogP contribution in [0.2, 0.25) is 0 Å². The summed E-state index contributed by atoms with van der Waals surface area (Å²) in [7, 11) is 0. The number of hydrogen-bond acceptors (Lipinski definition) is 4. The lowest BCUT2D eigenvalue weighted by atomic mass is 9.93. The van der Waals surface area contributed by atoms with E-state index in [-0.39, 0.29) is 11.8 Å². The number of pyridine rings is 2. The molecule has 26 heavy (non-hydrogen) atoms. The van der Waals surface area contributed by atoms with Gasteiger partial charge in [-0.15, -0.1) is 0 Å². The van der Waals surface area contributed by atoms with E-state index in [2.05, 4.69) is 46.5 Å². The van der Waals surface area contributed by atoms with E-state index in [4.69, 9.17) is 0 Å². The smallest absolute Gasteiger partial charge is 0.126 e. The van der Waals surface area contributed by atoms with Crippen molar-refractivity contribution in [2.24, 2.45) is 0 Å². The van der Waals surface area contributed by atoms with Crippen molar-refractivity contribution in [3.05, 3.63) is 95.8 Å². The Morgan fingerprint density at radius 1 is 0.846 bits per heavy atom. The Hall–Kier alpha value is -3.40. The first-order valence-electron chi connectivity index (χ1n) is 8.53. The summed E-state index contributed by atoms with van der Waals surface area (Å²) in [6.45, 7) is 2.06. The number of aryl methyl sites for hydroxylation is 1. The molecule has 2 heterocycles. The van der Waals surface area contributed by atoms with Crippen molar-refractivity contribution >= 4 is 16.7 Å². The van der Waals surface area contributed by atoms with Gasteiger partial charge in [0.15, 0.2) is 0 Å². The molecule has 0 bridgehead atoms. The second-order valence-corrected chi connectivity index (χ2v) is 6.27. The molecule has 4 nitrogen and oxygen atoms in total. The molecule has 4 rings (SSSR count). The van der Waals surface area contributed by atoms with Crippen LogP contribution in [-0.4, -0.2) is 15.1 Å². The summed E-state index contributed by atoms with van der Waals surface area (Å²) in [5.74, 6) is 0.984. The van der Waals surface area contributed by atoms with Crippen molar-refractivity contribution in [1.82, 2.24) is 9.97 Å². The second-order valence-electron chi connectivity index (χ2n) is 6.27. The summed E-state index contributed by atoms with van der Waals surface area (Å²) >= 11 is 0. The fourth-order valence-corrected chi connectivity index (χ4v) is 3.14. The Bertz CT molecular complexity index is 1030. The van der Waals surface area contributed by atoms with Crippen molar-refractivity contribution in [2.75, 3.05) is 5.32 Å². The minimum absolute atomic E-state index is 0.236. The zero-order valence-corrected chi connectivity index (χ0v) is 14.4. The SMILES string of the molecule is Cc1ccc([C@H](Nc2ccccn2)c2c(O)ccc3ncccc23)cc1. The van der Waals surface area contributed by atoms with Gasteiger partial charge in [-0.1, -0.05) is 42.0 Å². The van der Waals surface area contributed by atoms with Crippen LogP contribution in [0, 0.1) is 6.92 Å². The van der Waals surface area contributed by atoms with Gasteiger partial charge in [-0.2, -0.15) is 0 Å². The molecule has 0 amide bonds. The van der Waals surface area contributed by atoms with E-state index < -0.39 is 0 Å². The molecular weight excluding hydrogens is 322 g/mol. The highest BCUT2D eigenvalue weighted by Crippen LogP contribution is 2.37. The lowest BCUT2D eigenvalue weighted by molar-refractivity contribution is 0.468. The van der Waals surface area contributed by atoms with Gasteiger partial charge in [-0.25, -0.2) is 4.98 Å². The number of phenols is 1. The molecule has 0 aliphatic carbocycles. The highest BCUT2D eigenvalue weighted by Gasteiger charge is 2.21. The Morgan fingerprint density at radius 3 is 2.42 bits per heavy atom. The first-order chi connectivity index (χ1) is 12.7. The van der Waals surface area contributed by atoms with Gasteiger partial charge in [0, 0.05) is 23.3 Å². The molecule has 4 aromatic rings. The Balaban J connectivity index is 1.91. The van der Waals surface area contributed by atoms with Crippen LogP contribution < -0.4 is 5.32 Å². The third kappa shape index (κ3) is 3.09. The van der Waals surface area contributed by atoms with Crippen molar-refractivity contribution < 1.29 is 5.11 Å². The summed E-state index contributed by atoms with van der Waals surface area (Å²) in [4.78, 5) is 8.81. The monoisotopic (exact) mass is 341 g/mol. The summed E-state index contributed by atoms with van der Waals surface area (Å²) < 4.78 is 0. The van der Waals surface area contributed by atoms with Crippen LogP contribution in [-0.2, 0) is 0 Å². The molecule has 2 aromatic heterocycles. The van der Waals surface area contributed by atoms with Gasteiger partial charge >= 0.3 is 0 Å². The molecule has 0 aliphatic rings. The van der Waals surface area contributed by atoms with Gasteiger partial charge in [0.25, 0.3) is 0 Å². The molecule has 0 aliphatic heterocycles. The van der Waals surface area contributed by atoms with Gasteiger partial charge in [-0.05, 0) is 42.8 Å². The number of aromatic nitrogens is 2. The molecule has 0 saturated heterocycles. The topological polar surface area (TPSA) is 58.0 Å². The van der Waals surface area contributed by atoms with Crippen LogP contribution >= 0.6 is 0 Å². The molecule has 0 fully saturated rings. The number of aromatic hydroxyl groups is 1. The Morgan fingerprint density at radius 2 is 1.65 bits per heavy atom. The highest BCUT2D eigenvalue weighted by molar-refractivity contribution is 5.86.